The van der Waals surface area contributed by atoms with Gasteiger partial charge in [0.25, 0.3) is 0 Å². The van der Waals surface area contributed by atoms with Crippen molar-refractivity contribution in [3.63, 3.8) is 0 Å². The predicted octanol–water partition coefficient (Wildman–Crippen LogP) is 23.1. The summed E-state index contributed by atoms with van der Waals surface area (Å²) in [6.45, 7) is 11.3. The summed E-state index contributed by atoms with van der Waals surface area (Å²) >= 11 is 0. The molecule has 0 aliphatic carbocycles. The Bertz CT molecular complexity index is 4100. The van der Waals surface area contributed by atoms with E-state index in [1.165, 1.54) is 88.6 Å². The highest BCUT2D eigenvalue weighted by atomic mass is 16.3. The molecule has 0 aliphatic heterocycles. The number of nitrogens with zero attached hydrogens (tertiary/aromatic N) is 3. The van der Waals surface area contributed by atoms with Crippen molar-refractivity contribution >= 4 is 73.1 Å². The fourth-order valence-electron chi connectivity index (χ4n) is 12.1. The number of benzene rings is 11. The molecular weight excluding hydrogens is 995 g/mol. The van der Waals surface area contributed by atoms with Gasteiger partial charge in [-0.25, -0.2) is 0 Å². The molecule has 0 unspecified atom stereocenters. The van der Waals surface area contributed by atoms with Crippen LogP contribution >= 0.6 is 0 Å². The second kappa shape index (κ2) is 24.1. The van der Waals surface area contributed by atoms with Gasteiger partial charge in [-0.2, -0.15) is 0 Å². The maximum absolute atomic E-state index is 6.52. The standard InChI is InChI=1S/C78H71N3O/c1-6-7-8-9-10-14-25-59-38-40-64(41-39-59)81(68-44-48-72(57(4)52-68)70-46-42-66(50-55(70)2)79(61-27-15-11-16-28-61)62-29-17-12-18-30-62)69-45-49-73(58(5)53-69)71-47-43-67(51-56(71)3)80(63-31-19-13-20-32-63)65-33-23-26-60(54-65)74-35-24-36-76-75-34-21-22-37-77(75)82-78(74)76/h11-13,15-24,26-54H,6-10,14,25H2,1-5H3. The van der Waals surface area contributed by atoms with E-state index in [-0.39, 0.29) is 0 Å². The third kappa shape index (κ3) is 11.1. The van der Waals surface area contributed by atoms with Crippen molar-refractivity contribution in [2.45, 2.75) is 79.6 Å². The third-order valence-corrected chi connectivity index (χ3v) is 16.3. The molecule has 4 heteroatoms. The zero-order valence-corrected chi connectivity index (χ0v) is 47.9. The molecule has 0 N–H and O–H groups in total. The Morgan fingerprint density at radius 2 is 0.671 bits per heavy atom. The Labute approximate surface area is 485 Å². The van der Waals surface area contributed by atoms with Crippen LogP contribution < -0.4 is 14.7 Å². The minimum absolute atomic E-state index is 0.901. The van der Waals surface area contributed by atoms with E-state index in [1.54, 1.807) is 0 Å². The molecule has 0 spiro atoms. The van der Waals surface area contributed by atoms with Gasteiger partial charge in [0, 0.05) is 67.5 Å². The molecule has 4 nitrogen and oxygen atoms in total. The lowest BCUT2D eigenvalue weighted by atomic mass is 9.94. The minimum Gasteiger partial charge on any atom is -0.455 e. The van der Waals surface area contributed by atoms with Gasteiger partial charge >= 0.3 is 0 Å². The number of rotatable bonds is 19. The molecule has 0 amide bonds. The van der Waals surface area contributed by atoms with Crippen LogP contribution in [0, 0.1) is 27.7 Å². The molecule has 0 saturated heterocycles. The normalized spacial score (nSPS) is 11.3. The number of anilines is 9. The van der Waals surface area contributed by atoms with E-state index >= 15 is 0 Å². The maximum atomic E-state index is 6.52. The topological polar surface area (TPSA) is 22.9 Å². The van der Waals surface area contributed by atoms with Gasteiger partial charge in [0.15, 0.2) is 0 Å². The number of furan rings is 1. The Balaban J connectivity index is 0.865. The fraction of sp³-hybridized carbons (Fsp3) is 0.154. The zero-order valence-electron chi connectivity index (χ0n) is 47.9. The second-order valence-corrected chi connectivity index (χ2v) is 22.0. The summed E-state index contributed by atoms with van der Waals surface area (Å²) in [6.07, 6.45) is 8.89. The molecule has 1 heterocycles. The van der Waals surface area contributed by atoms with Gasteiger partial charge in [-0.15, -0.1) is 0 Å². The van der Waals surface area contributed by atoms with Crippen LogP contribution in [0.2, 0.25) is 0 Å². The summed E-state index contributed by atoms with van der Waals surface area (Å²) in [5.41, 5.74) is 25.2. The van der Waals surface area contributed by atoms with E-state index in [2.05, 4.69) is 298 Å². The first-order valence-corrected chi connectivity index (χ1v) is 29.4. The molecule has 404 valence electrons. The molecule has 1 aromatic heterocycles. The second-order valence-electron chi connectivity index (χ2n) is 22.0. The highest BCUT2D eigenvalue weighted by Crippen LogP contribution is 2.45. The van der Waals surface area contributed by atoms with E-state index in [0.717, 1.165) is 90.7 Å². The molecule has 0 saturated carbocycles. The molecule has 0 radical (unpaired) electrons. The van der Waals surface area contributed by atoms with E-state index < -0.39 is 0 Å². The maximum Gasteiger partial charge on any atom is 0.143 e. The van der Waals surface area contributed by atoms with E-state index in [1.807, 2.05) is 6.07 Å². The van der Waals surface area contributed by atoms with Gasteiger partial charge in [-0.1, -0.05) is 179 Å². The van der Waals surface area contributed by atoms with Crippen molar-refractivity contribution in [2.75, 3.05) is 14.7 Å². The highest BCUT2D eigenvalue weighted by Gasteiger charge is 2.21. The molecule has 0 fully saturated rings. The number of aryl methyl sites for hydroxylation is 5. The Hall–Kier alpha value is -9.38. The van der Waals surface area contributed by atoms with E-state index in [0.29, 0.717) is 0 Å². The number of hydrogen-bond donors (Lipinski definition) is 0. The SMILES string of the molecule is CCCCCCCCc1ccc(N(c2ccc(-c3ccc(N(c4ccccc4)c4ccccc4)cc3C)c(C)c2)c2ccc(-c3ccc(N(c4ccccc4)c4cccc(-c5cccc6c5oc5ccccc56)c4)cc3C)c(C)c2)cc1. The Morgan fingerprint density at radius 1 is 0.293 bits per heavy atom. The molecule has 0 aliphatic rings. The van der Waals surface area contributed by atoms with Crippen LogP contribution in [-0.4, -0.2) is 0 Å². The van der Waals surface area contributed by atoms with Gasteiger partial charge in [0.05, 0.1) is 0 Å². The van der Waals surface area contributed by atoms with Crippen molar-refractivity contribution in [3.8, 4) is 33.4 Å². The van der Waals surface area contributed by atoms with Crippen LogP contribution in [0.15, 0.2) is 259 Å². The average Bonchev–Trinajstić information content (AvgIpc) is 4.00. The number of hydrogen-bond acceptors (Lipinski definition) is 4. The van der Waals surface area contributed by atoms with Crippen molar-refractivity contribution in [1.82, 2.24) is 0 Å². The molecule has 0 atom stereocenters. The number of fused-ring (bicyclic) bond motifs is 3. The van der Waals surface area contributed by atoms with Crippen molar-refractivity contribution in [3.05, 3.63) is 283 Å². The van der Waals surface area contributed by atoms with Crippen LogP contribution in [0.1, 0.15) is 73.3 Å². The van der Waals surface area contributed by atoms with Gasteiger partial charge in [-0.3, -0.25) is 0 Å². The number of para-hydroxylation sites is 5. The first-order valence-electron chi connectivity index (χ1n) is 29.4. The van der Waals surface area contributed by atoms with Crippen molar-refractivity contribution in [2.24, 2.45) is 0 Å². The third-order valence-electron chi connectivity index (χ3n) is 16.3. The van der Waals surface area contributed by atoms with Crippen molar-refractivity contribution < 1.29 is 4.42 Å². The summed E-state index contributed by atoms with van der Waals surface area (Å²) in [7, 11) is 0. The predicted molar refractivity (Wildman–Crippen MR) is 350 cm³/mol. The van der Waals surface area contributed by atoms with Crippen LogP contribution in [0.5, 0.6) is 0 Å². The first kappa shape index (κ1) is 53.3. The van der Waals surface area contributed by atoms with Crippen LogP contribution in [-0.2, 0) is 6.42 Å². The quantitative estimate of drug-likeness (QED) is 0.0753. The van der Waals surface area contributed by atoms with Crippen molar-refractivity contribution in [1.29, 1.82) is 0 Å². The Morgan fingerprint density at radius 3 is 1.16 bits per heavy atom. The van der Waals surface area contributed by atoms with Crippen LogP contribution in [0.3, 0.4) is 0 Å². The first-order chi connectivity index (χ1) is 40.3. The van der Waals surface area contributed by atoms with Crippen LogP contribution in [0.25, 0.3) is 55.3 Å². The molecule has 11 aromatic carbocycles. The lowest BCUT2D eigenvalue weighted by Gasteiger charge is -2.28. The monoisotopic (exact) mass is 1070 g/mol. The van der Waals surface area contributed by atoms with Gasteiger partial charge in [0.1, 0.15) is 11.2 Å². The van der Waals surface area contributed by atoms with E-state index in [9.17, 15) is 0 Å². The summed E-state index contributed by atoms with van der Waals surface area (Å²) < 4.78 is 6.52. The lowest BCUT2D eigenvalue weighted by Crippen LogP contribution is -2.11. The van der Waals surface area contributed by atoms with Crippen LogP contribution in [0.4, 0.5) is 51.2 Å². The minimum atomic E-state index is 0.901. The zero-order chi connectivity index (χ0) is 55.9. The largest absolute Gasteiger partial charge is 0.455 e. The highest BCUT2D eigenvalue weighted by molar-refractivity contribution is 6.09. The van der Waals surface area contributed by atoms with E-state index in [4.69, 9.17) is 4.42 Å². The smallest absolute Gasteiger partial charge is 0.143 e. The summed E-state index contributed by atoms with van der Waals surface area (Å²) in [6, 6.07) is 92.7. The Kier molecular flexibility index (Phi) is 15.7. The molecule has 0 bridgehead atoms. The summed E-state index contributed by atoms with van der Waals surface area (Å²) in [5, 5.41) is 2.26. The summed E-state index contributed by atoms with van der Waals surface area (Å²) in [4.78, 5) is 7.13. The fourth-order valence-corrected chi connectivity index (χ4v) is 12.1. The van der Waals surface area contributed by atoms with Gasteiger partial charge in [0.2, 0.25) is 0 Å². The van der Waals surface area contributed by atoms with Gasteiger partial charge < -0.3 is 19.1 Å². The number of unbranched alkanes of at least 4 members (excludes halogenated alkanes) is 5. The average molecular weight is 1070 g/mol. The lowest BCUT2D eigenvalue weighted by molar-refractivity contribution is 0.607. The summed E-state index contributed by atoms with van der Waals surface area (Å²) in [5.74, 6) is 0. The molecule has 82 heavy (non-hydrogen) atoms. The molecule has 12 aromatic rings. The van der Waals surface area contributed by atoms with Gasteiger partial charge in [-0.05, 0) is 211 Å². The molecule has 12 rings (SSSR count). The molecular formula is C78H71N3O.